The molecule has 0 atom stereocenters. The maximum atomic E-state index is 13.9. The third kappa shape index (κ3) is 4.02. The van der Waals surface area contributed by atoms with Crippen LogP contribution in [0.2, 0.25) is 0 Å². The first-order valence-electron chi connectivity index (χ1n) is 8.41. The Kier molecular flexibility index (Phi) is 5.29. The number of fused-ring (bicyclic) bond motifs is 1. The summed E-state index contributed by atoms with van der Waals surface area (Å²) in [6.07, 6.45) is 3.47. The number of hydrogen-bond acceptors (Lipinski definition) is 6. The van der Waals surface area contributed by atoms with Crippen molar-refractivity contribution >= 4 is 22.8 Å². The highest BCUT2D eigenvalue weighted by Crippen LogP contribution is 2.26. The van der Waals surface area contributed by atoms with Crippen LogP contribution < -0.4 is 15.6 Å². The molecule has 3 rings (SSSR count). The summed E-state index contributed by atoms with van der Waals surface area (Å²) < 4.78 is 33.9. The highest BCUT2D eigenvalue weighted by atomic mass is 19.1. The summed E-state index contributed by atoms with van der Waals surface area (Å²) in [6.45, 7) is 4.60. The van der Waals surface area contributed by atoms with Crippen LogP contribution in [0.3, 0.4) is 0 Å². The van der Waals surface area contributed by atoms with Crippen molar-refractivity contribution in [2.45, 2.75) is 26.8 Å². The number of rotatable bonds is 6. The van der Waals surface area contributed by atoms with E-state index >= 15 is 0 Å². The molecule has 0 aliphatic heterocycles. The van der Waals surface area contributed by atoms with Gasteiger partial charge in [0, 0.05) is 24.4 Å². The number of aryl methyl sites for hydroxylation is 1. The molecule has 0 aliphatic rings. The van der Waals surface area contributed by atoms with Crippen molar-refractivity contribution in [2.75, 3.05) is 12.4 Å². The van der Waals surface area contributed by atoms with Gasteiger partial charge in [-0.25, -0.2) is 18.7 Å². The number of benzene rings is 1. The molecule has 0 bridgehead atoms. The zero-order chi connectivity index (χ0) is 19.6. The van der Waals surface area contributed by atoms with Crippen LogP contribution in [-0.4, -0.2) is 26.6 Å². The minimum absolute atomic E-state index is 0.0946. The van der Waals surface area contributed by atoms with Crippen molar-refractivity contribution in [3.63, 3.8) is 0 Å². The normalized spacial score (nSPS) is 11.2. The minimum Gasteiger partial charge on any atom is -0.491 e. The Morgan fingerprint density at radius 2 is 1.89 bits per heavy atom. The van der Waals surface area contributed by atoms with Crippen LogP contribution in [0.1, 0.15) is 20.3 Å². The van der Waals surface area contributed by atoms with E-state index < -0.39 is 17.4 Å². The van der Waals surface area contributed by atoms with Gasteiger partial charge in [0.1, 0.15) is 5.52 Å². The van der Waals surface area contributed by atoms with Crippen molar-refractivity contribution in [2.24, 2.45) is 5.92 Å². The van der Waals surface area contributed by atoms with Crippen LogP contribution in [0.15, 0.2) is 29.3 Å². The van der Waals surface area contributed by atoms with Crippen LogP contribution in [0.25, 0.3) is 11.2 Å². The van der Waals surface area contributed by atoms with Gasteiger partial charge in [0.05, 0.1) is 19.5 Å². The molecule has 142 valence electrons. The number of nitrogens with zero attached hydrogens (tertiary/aromatic N) is 4. The van der Waals surface area contributed by atoms with E-state index in [1.807, 2.05) is 0 Å². The highest BCUT2D eigenvalue weighted by molar-refractivity contribution is 5.71. The quantitative estimate of drug-likeness (QED) is 0.712. The molecule has 3 aromatic rings. The summed E-state index contributed by atoms with van der Waals surface area (Å²) in [7, 11) is 1.18. The van der Waals surface area contributed by atoms with Crippen molar-refractivity contribution in [3.8, 4) is 5.75 Å². The molecule has 1 aromatic carbocycles. The Morgan fingerprint density at radius 3 is 2.52 bits per heavy atom. The molecule has 7 nitrogen and oxygen atoms in total. The molecule has 2 aromatic heterocycles. The van der Waals surface area contributed by atoms with Gasteiger partial charge in [0.2, 0.25) is 5.95 Å². The summed E-state index contributed by atoms with van der Waals surface area (Å²) in [6, 6.07) is 2.15. The fraction of sp³-hybridized carbons (Fsp3) is 0.333. The molecule has 0 aliphatic carbocycles. The summed E-state index contributed by atoms with van der Waals surface area (Å²) in [4.78, 5) is 24.6. The lowest BCUT2D eigenvalue weighted by Gasteiger charge is -2.12. The van der Waals surface area contributed by atoms with Crippen molar-refractivity contribution in [3.05, 3.63) is 46.5 Å². The second-order valence-corrected chi connectivity index (χ2v) is 6.43. The Hall–Kier alpha value is -3.10. The molecule has 0 spiro atoms. The monoisotopic (exact) mass is 375 g/mol. The van der Waals surface area contributed by atoms with Crippen molar-refractivity contribution in [1.82, 2.24) is 19.5 Å². The highest BCUT2D eigenvalue weighted by Gasteiger charge is 2.13. The van der Waals surface area contributed by atoms with E-state index in [0.717, 1.165) is 18.6 Å². The van der Waals surface area contributed by atoms with Gasteiger partial charge in [0.15, 0.2) is 23.0 Å². The van der Waals surface area contributed by atoms with Gasteiger partial charge in [-0.05, 0) is 12.3 Å². The summed E-state index contributed by atoms with van der Waals surface area (Å²) >= 11 is 0. The van der Waals surface area contributed by atoms with Crippen LogP contribution in [0, 0.1) is 17.6 Å². The molecule has 0 fully saturated rings. The van der Waals surface area contributed by atoms with Gasteiger partial charge in [0.25, 0.3) is 5.56 Å². The third-order valence-corrected chi connectivity index (χ3v) is 3.97. The average Bonchev–Trinajstić information content (AvgIpc) is 2.60. The summed E-state index contributed by atoms with van der Waals surface area (Å²) in [5.74, 6) is -1.67. The van der Waals surface area contributed by atoms with E-state index in [1.54, 1.807) is 0 Å². The predicted molar refractivity (Wildman–Crippen MR) is 97.2 cm³/mol. The molecule has 0 unspecified atom stereocenters. The van der Waals surface area contributed by atoms with Crippen LogP contribution in [-0.2, 0) is 6.54 Å². The van der Waals surface area contributed by atoms with Gasteiger partial charge in [-0.2, -0.15) is 4.98 Å². The standard InChI is InChI=1S/C18H19F2N5O2/c1-10(2)4-5-25-15(26)9-21-14-8-22-18(24-17(14)25)23-11-6-12(19)16(27-3)13(20)7-11/h6-10H,4-5H2,1-3H3,(H,22,23,24). The minimum atomic E-state index is -0.851. The predicted octanol–water partition coefficient (Wildman–Crippen LogP) is 3.26. The van der Waals surface area contributed by atoms with E-state index in [1.165, 1.54) is 24.1 Å². The summed E-state index contributed by atoms with van der Waals surface area (Å²) in [5.41, 5.74) is 0.658. The van der Waals surface area contributed by atoms with Gasteiger partial charge in [-0.3, -0.25) is 9.36 Å². The largest absolute Gasteiger partial charge is 0.491 e. The first-order valence-corrected chi connectivity index (χ1v) is 8.41. The maximum absolute atomic E-state index is 13.9. The molecule has 0 radical (unpaired) electrons. The van der Waals surface area contributed by atoms with E-state index in [-0.39, 0.29) is 17.2 Å². The fourth-order valence-corrected chi connectivity index (χ4v) is 2.57. The fourth-order valence-electron chi connectivity index (χ4n) is 2.57. The van der Waals surface area contributed by atoms with Gasteiger partial charge < -0.3 is 10.1 Å². The molecule has 0 saturated carbocycles. The zero-order valence-electron chi connectivity index (χ0n) is 15.2. The van der Waals surface area contributed by atoms with Crippen LogP contribution in [0.5, 0.6) is 5.75 Å². The third-order valence-electron chi connectivity index (χ3n) is 3.97. The molecule has 9 heteroatoms. The Balaban J connectivity index is 1.99. The van der Waals surface area contributed by atoms with Crippen molar-refractivity contribution in [1.29, 1.82) is 0 Å². The molecule has 27 heavy (non-hydrogen) atoms. The van der Waals surface area contributed by atoms with E-state index in [4.69, 9.17) is 0 Å². The number of ether oxygens (including phenoxy) is 1. The smallest absolute Gasteiger partial charge is 0.270 e. The number of nitrogens with one attached hydrogen (secondary N) is 1. The maximum Gasteiger partial charge on any atom is 0.270 e. The lowest BCUT2D eigenvalue weighted by Crippen LogP contribution is -2.22. The average molecular weight is 375 g/mol. The van der Waals surface area contributed by atoms with Crippen LogP contribution >= 0.6 is 0 Å². The topological polar surface area (TPSA) is 81.9 Å². The number of halogens is 2. The van der Waals surface area contributed by atoms with Crippen LogP contribution in [0.4, 0.5) is 20.4 Å². The molecule has 0 amide bonds. The van der Waals surface area contributed by atoms with Gasteiger partial charge in [-0.15, -0.1) is 0 Å². The Morgan fingerprint density at radius 1 is 1.19 bits per heavy atom. The van der Waals surface area contributed by atoms with E-state index in [9.17, 15) is 13.6 Å². The first kappa shape index (κ1) is 18.7. The first-order chi connectivity index (χ1) is 12.9. The second kappa shape index (κ2) is 7.65. The zero-order valence-corrected chi connectivity index (χ0v) is 15.2. The second-order valence-electron chi connectivity index (χ2n) is 6.43. The molecule has 0 saturated heterocycles. The molecular weight excluding hydrogens is 356 g/mol. The number of hydrogen-bond donors (Lipinski definition) is 1. The van der Waals surface area contributed by atoms with E-state index in [0.29, 0.717) is 23.6 Å². The number of methoxy groups -OCH3 is 1. The Bertz CT molecular complexity index is 1010. The number of anilines is 2. The molecular formula is C18H19F2N5O2. The number of aromatic nitrogens is 4. The SMILES string of the molecule is COc1c(F)cc(Nc2ncc3ncc(=O)n(CCC(C)C)c3n2)cc1F. The van der Waals surface area contributed by atoms with E-state index in [2.05, 4.69) is 38.9 Å². The Labute approximate surface area is 154 Å². The summed E-state index contributed by atoms with van der Waals surface area (Å²) in [5, 5.41) is 2.74. The molecule has 2 heterocycles. The van der Waals surface area contributed by atoms with Crippen molar-refractivity contribution < 1.29 is 13.5 Å². The lowest BCUT2D eigenvalue weighted by atomic mass is 10.1. The molecule has 1 N–H and O–H groups in total. The van der Waals surface area contributed by atoms with Gasteiger partial charge in [-0.1, -0.05) is 13.8 Å². The van der Waals surface area contributed by atoms with Gasteiger partial charge >= 0.3 is 0 Å². The lowest BCUT2D eigenvalue weighted by molar-refractivity contribution is 0.360.